The molecule has 3 N–H and O–H groups in total. The average Bonchev–Trinajstić information content (AvgIpc) is 3.05. The number of aliphatic hydroxyl groups is 1. The molecular formula is C19H23NO3. The third-order valence-electron chi connectivity index (χ3n) is 4.53. The summed E-state index contributed by atoms with van der Waals surface area (Å²) in [4.78, 5) is 4.14. The first-order valence-corrected chi connectivity index (χ1v) is 8.09. The molecule has 122 valence electrons. The lowest BCUT2D eigenvalue weighted by Gasteiger charge is -2.20. The van der Waals surface area contributed by atoms with Gasteiger partial charge in [-0.25, -0.2) is 4.89 Å². The average molecular weight is 313 g/mol. The van der Waals surface area contributed by atoms with Gasteiger partial charge in [-0.15, -0.1) is 0 Å². The van der Waals surface area contributed by atoms with Crippen LogP contribution in [-0.4, -0.2) is 22.4 Å². The Balaban J connectivity index is 1.55. The molecule has 1 heterocycles. The molecule has 0 unspecified atom stereocenters. The molecule has 1 saturated heterocycles. The van der Waals surface area contributed by atoms with Crippen LogP contribution in [0.1, 0.15) is 35.6 Å². The van der Waals surface area contributed by atoms with Gasteiger partial charge in [-0.05, 0) is 36.0 Å². The van der Waals surface area contributed by atoms with Crippen LogP contribution in [0.25, 0.3) is 0 Å². The van der Waals surface area contributed by atoms with Crippen molar-refractivity contribution in [3.05, 3.63) is 71.3 Å². The summed E-state index contributed by atoms with van der Waals surface area (Å²) in [6, 6.07) is 18.4. The lowest BCUT2D eigenvalue weighted by Crippen LogP contribution is -2.35. The summed E-state index contributed by atoms with van der Waals surface area (Å²) >= 11 is 0. The Hall–Kier alpha value is -1.72. The normalized spacial score (nSPS) is 22.2. The largest absolute Gasteiger partial charge is 0.387 e. The molecule has 4 nitrogen and oxygen atoms in total. The third kappa shape index (κ3) is 4.18. The topological polar surface area (TPSA) is 61.7 Å². The summed E-state index contributed by atoms with van der Waals surface area (Å²) in [7, 11) is 0. The van der Waals surface area contributed by atoms with E-state index in [0.29, 0.717) is 6.04 Å². The zero-order chi connectivity index (χ0) is 16.1. The molecule has 0 radical (unpaired) electrons. The van der Waals surface area contributed by atoms with Crippen LogP contribution in [0.4, 0.5) is 0 Å². The minimum Gasteiger partial charge on any atom is -0.387 e. The van der Waals surface area contributed by atoms with Crippen LogP contribution in [-0.2, 0) is 17.9 Å². The van der Waals surface area contributed by atoms with E-state index in [1.54, 1.807) is 0 Å². The quantitative estimate of drug-likeness (QED) is 0.566. The maximum Gasteiger partial charge on any atom is 0.107 e. The molecule has 1 aliphatic heterocycles. The molecule has 0 bridgehead atoms. The van der Waals surface area contributed by atoms with Crippen molar-refractivity contribution in [3.63, 3.8) is 0 Å². The highest BCUT2D eigenvalue weighted by Crippen LogP contribution is 2.26. The molecule has 1 aliphatic rings. The fraction of sp³-hybridized carbons (Fsp3) is 0.368. The summed E-state index contributed by atoms with van der Waals surface area (Å²) < 4.78 is 0. The van der Waals surface area contributed by atoms with E-state index in [4.69, 9.17) is 5.26 Å². The van der Waals surface area contributed by atoms with E-state index < -0.39 is 6.10 Å². The number of aliphatic hydroxyl groups excluding tert-OH is 1. The van der Waals surface area contributed by atoms with Crippen molar-refractivity contribution in [2.24, 2.45) is 0 Å². The standard InChI is InChI=1S/C19H23NO3/c21-19(16-4-2-1-3-5-16)18-11-10-17(20-18)12-14-6-8-15(9-7-14)13-23-22/h1-9,17-22H,10-13H2/t17-,18+,19+/m0/s1. The number of hydrogen-bond donors (Lipinski definition) is 3. The Morgan fingerprint density at radius 2 is 1.70 bits per heavy atom. The SMILES string of the molecule is OOCc1ccc(C[C@@H]2CC[C@H]([C@H](O)c3ccccc3)N2)cc1. The van der Waals surface area contributed by atoms with Gasteiger partial charge in [-0.2, -0.15) is 0 Å². The monoisotopic (exact) mass is 313 g/mol. The molecule has 0 aromatic heterocycles. The van der Waals surface area contributed by atoms with E-state index in [9.17, 15) is 5.11 Å². The highest BCUT2D eigenvalue weighted by molar-refractivity contribution is 5.24. The third-order valence-corrected chi connectivity index (χ3v) is 4.53. The van der Waals surface area contributed by atoms with Crippen molar-refractivity contribution < 1.29 is 15.3 Å². The van der Waals surface area contributed by atoms with Crippen LogP contribution in [0, 0.1) is 0 Å². The molecule has 0 spiro atoms. The van der Waals surface area contributed by atoms with Crippen LogP contribution in [0.3, 0.4) is 0 Å². The molecule has 3 atom stereocenters. The van der Waals surface area contributed by atoms with Crippen molar-refractivity contribution in [2.75, 3.05) is 0 Å². The fourth-order valence-corrected chi connectivity index (χ4v) is 3.27. The summed E-state index contributed by atoms with van der Waals surface area (Å²) in [5, 5.41) is 22.5. The predicted octanol–water partition coefficient (Wildman–Crippen LogP) is 3.07. The lowest BCUT2D eigenvalue weighted by atomic mass is 10.0. The van der Waals surface area contributed by atoms with E-state index in [0.717, 1.165) is 30.4 Å². The van der Waals surface area contributed by atoms with Gasteiger partial charge < -0.3 is 10.4 Å². The molecule has 2 aromatic carbocycles. The second-order valence-corrected chi connectivity index (χ2v) is 6.20. The van der Waals surface area contributed by atoms with Gasteiger partial charge in [-0.3, -0.25) is 5.26 Å². The molecule has 0 saturated carbocycles. The van der Waals surface area contributed by atoms with Crippen LogP contribution in [0.15, 0.2) is 54.6 Å². The van der Waals surface area contributed by atoms with E-state index >= 15 is 0 Å². The maximum absolute atomic E-state index is 10.5. The maximum atomic E-state index is 10.5. The van der Waals surface area contributed by atoms with Gasteiger partial charge in [0, 0.05) is 12.1 Å². The first kappa shape index (κ1) is 16.1. The van der Waals surface area contributed by atoms with Crippen molar-refractivity contribution in [1.82, 2.24) is 5.32 Å². The van der Waals surface area contributed by atoms with Crippen LogP contribution >= 0.6 is 0 Å². The van der Waals surface area contributed by atoms with Gasteiger partial charge in [0.25, 0.3) is 0 Å². The minimum absolute atomic E-state index is 0.115. The van der Waals surface area contributed by atoms with Crippen molar-refractivity contribution in [2.45, 2.75) is 44.1 Å². The number of hydrogen-bond acceptors (Lipinski definition) is 4. The molecule has 1 fully saturated rings. The highest BCUT2D eigenvalue weighted by Gasteiger charge is 2.29. The van der Waals surface area contributed by atoms with E-state index in [1.165, 1.54) is 5.56 Å². The first-order chi connectivity index (χ1) is 11.3. The van der Waals surface area contributed by atoms with Crippen molar-refractivity contribution in [1.29, 1.82) is 0 Å². The summed E-state index contributed by atoms with van der Waals surface area (Å²) in [5.41, 5.74) is 3.17. The Bertz CT molecular complexity index is 600. The Morgan fingerprint density at radius 1 is 1.00 bits per heavy atom. The molecule has 2 aromatic rings. The zero-order valence-electron chi connectivity index (χ0n) is 13.1. The van der Waals surface area contributed by atoms with Gasteiger partial charge in [-0.1, -0.05) is 54.6 Å². The second kappa shape index (κ2) is 7.70. The number of rotatable bonds is 6. The Kier molecular flexibility index (Phi) is 5.41. The summed E-state index contributed by atoms with van der Waals surface area (Å²) in [5.74, 6) is 0. The van der Waals surface area contributed by atoms with Crippen molar-refractivity contribution in [3.8, 4) is 0 Å². The van der Waals surface area contributed by atoms with E-state index in [-0.39, 0.29) is 12.6 Å². The van der Waals surface area contributed by atoms with Gasteiger partial charge >= 0.3 is 0 Å². The molecule has 3 rings (SSSR count). The molecule has 4 heteroatoms. The Morgan fingerprint density at radius 3 is 2.39 bits per heavy atom. The first-order valence-electron chi connectivity index (χ1n) is 8.09. The van der Waals surface area contributed by atoms with Crippen molar-refractivity contribution >= 4 is 0 Å². The molecular weight excluding hydrogens is 290 g/mol. The Labute approximate surface area is 136 Å². The summed E-state index contributed by atoms with van der Waals surface area (Å²) in [6.45, 7) is 0.216. The van der Waals surface area contributed by atoms with Crippen LogP contribution in [0.5, 0.6) is 0 Å². The van der Waals surface area contributed by atoms with Crippen LogP contribution < -0.4 is 5.32 Å². The van der Waals surface area contributed by atoms with Crippen LogP contribution in [0.2, 0.25) is 0 Å². The molecule has 0 amide bonds. The van der Waals surface area contributed by atoms with Gasteiger partial charge in [0.05, 0.1) is 6.10 Å². The smallest absolute Gasteiger partial charge is 0.107 e. The second-order valence-electron chi connectivity index (χ2n) is 6.20. The molecule has 0 aliphatic carbocycles. The van der Waals surface area contributed by atoms with Gasteiger partial charge in [0.1, 0.15) is 6.61 Å². The van der Waals surface area contributed by atoms with Gasteiger partial charge in [0.15, 0.2) is 0 Å². The minimum atomic E-state index is -0.453. The van der Waals surface area contributed by atoms with E-state index in [2.05, 4.69) is 22.3 Å². The number of nitrogens with one attached hydrogen (secondary N) is 1. The fourth-order valence-electron chi connectivity index (χ4n) is 3.27. The zero-order valence-corrected chi connectivity index (χ0v) is 13.1. The predicted molar refractivity (Wildman–Crippen MR) is 88.9 cm³/mol. The number of benzene rings is 2. The van der Waals surface area contributed by atoms with E-state index in [1.807, 2.05) is 42.5 Å². The molecule has 23 heavy (non-hydrogen) atoms. The highest BCUT2D eigenvalue weighted by atomic mass is 17.1. The van der Waals surface area contributed by atoms with Gasteiger partial charge in [0.2, 0.25) is 0 Å². The summed E-state index contributed by atoms with van der Waals surface area (Å²) in [6.07, 6.45) is 2.54. The lowest BCUT2D eigenvalue weighted by molar-refractivity contribution is -0.253.